The summed E-state index contributed by atoms with van der Waals surface area (Å²) in [6.45, 7) is 4.01. The van der Waals surface area contributed by atoms with Crippen molar-refractivity contribution in [2.24, 2.45) is 0 Å². The van der Waals surface area contributed by atoms with Crippen molar-refractivity contribution in [3.63, 3.8) is 0 Å². The molecule has 0 spiro atoms. The number of ether oxygens (including phenoxy) is 1. The first-order valence-corrected chi connectivity index (χ1v) is 10.8. The summed E-state index contributed by atoms with van der Waals surface area (Å²) in [5.41, 5.74) is 2.57. The molecule has 2 heterocycles. The molecule has 6 nitrogen and oxygen atoms in total. The molecular weight excluding hydrogens is 362 g/mol. The number of rotatable bonds is 7. The maximum Gasteiger partial charge on any atom is 0.309 e. The van der Waals surface area contributed by atoms with Crippen LogP contribution in [0.1, 0.15) is 43.7 Å². The standard InChI is InChI=1S/C20H29N3O3S/c24-19(21-8-6-16-4-2-1-3-5-16)20(25)22-14-18(17-7-13-27-15-17)23-9-11-26-12-10-23/h4,7,13,15,18H,1-3,5-6,8-12,14H2,(H,21,24)(H,22,25)/t18-/m0/s1. The predicted molar refractivity (Wildman–Crippen MR) is 107 cm³/mol. The van der Waals surface area contributed by atoms with Crippen LogP contribution in [0.15, 0.2) is 28.5 Å². The Balaban J connectivity index is 1.45. The van der Waals surface area contributed by atoms with Crippen molar-refractivity contribution >= 4 is 23.2 Å². The molecular formula is C20H29N3O3S. The normalized spacial score (nSPS) is 19.2. The van der Waals surface area contributed by atoms with E-state index in [9.17, 15) is 9.59 Å². The average molecular weight is 392 g/mol. The van der Waals surface area contributed by atoms with E-state index in [1.165, 1.54) is 24.0 Å². The second kappa shape index (κ2) is 10.6. The van der Waals surface area contributed by atoms with Crippen LogP contribution in [0.4, 0.5) is 0 Å². The van der Waals surface area contributed by atoms with Gasteiger partial charge >= 0.3 is 11.8 Å². The quantitative estimate of drug-likeness (QED) is 0.552. The summed E-state index contributed by atoms with van der Waals surface area (Å²) in [7, 11) is 0. The number of nitrogens with zero attached hydrogens (tertiary/aromatic N) is 1. The van der Waals surface area contributed by atoms with Crippen molar-refractivity contribution in [1.29, 1.82) is 0 Å². The first kappa shape index (κ1) is 20.0. The van der Waals surface area contributed by atoms with E-state index >= 15 is 0 Å². The van der Waals surface area contributed by atoms with Crippen molar-refractivity contribution in [1.82, 2.24) is 15.5 Å². The van der Waals surface area contributed by atoms with Gasteiger partial charge in [-0.15, -0.1) is 0 Å². The fourth-order valence-corrected chi connectivity index (χ4v) is 4.34. The Hall–Kier alpha value is -1.70. The van der Waals surface area contributed by atoms with Gasteiger partial charge in [-0.1, -0.05) is 11.6 Å². The van der Waals surface area contributed by atoms with Gasteiger partial charge in [0.1, 0.15) is 0 Å². The van der Waals surface area contributed by atoms with E-state index < -0.39 is 11.8 Å². The number of hydrogen-bond acceptors (Lipinski definition) is 5. The Labute approximate surface area is 165 Å². The summed E-state index contributed by atoms with van der Waals surface area (Å²) in [5.74, 6) is -1.10. The number of thiophene rings is 1. The van der Waals surface area contributed by atoms with Gasteiger partial charge in [-0.3, -0.25) is 14.5 Å². The van der Waals surface area contributed by atoms with E-state index in [0.29, 0.717) is 26.3 Å². The summed E-state index contributed by atoms with van der Waals surface area (Å²) >= 11 is 1.64. The largest absolute Gasteiger partial charge is 0.379 e. The van der Waals surface area contributed by atoms with Gasteiger partial charge in [0.2, 0.25) is 0 Å². The molecule has 27 heavy (non-hydrogen) atoms. The zero-order valence-corrected chi connectivity index (χ0v) is 16.6. The van der Waals surface area contributed by atoms with Crippen LogP contribution in [-0.4, -0.2) is 56.1 Å². The number of hydrogen-bond donors (Lipinski definition) is 2. The number of carbonyl (C=O) groups is 2. The van der Waals surface area contributed by atoms with Crippen molar-refractivity contribution in [2.45, 2.75) is 38.1 Å². The molecule has 0 aromatic carbocycles. The maximum atomic E-state index is 12.2. The van der Waals surface area contributed by atoms with E-state index in [0.717, 1.165) is 32.4 Å². The van der Waals surface area contributed by atoms with Crippen LogP contribution < -0.4 is 10.6 Å². The molecule has 0 radical (unpaired) electrons. The number of carbonyl (C=O) groups excluding carboxylic acids is 2. The third-order valence-electron chi connectivity index (χ3n) is 5.19. The smallest absolute Gasteiger partial charge is 0.309 e. The van der Waals surface area contributed by atoms with E-state index in [1.54, 1.807) is 11.3 Å². The van der Waals surface area contributed by atoms with Crippen LogP contribution in [0, 0.1) is 0 Å². The van der Waals surface area contributed by atoms with Crippen LogP contribution >= 0.6 is 11.3 Å². The Bertz CT molecular complexity index is 639. The topological polar surface area (TPSA) is 70.7 Å². The zero-order valence-electron chi connectivity index (χ0n) is 15.7. The molecule has 1 aromatic rings. The molecule has 1 atom stereocenters. The van der Waals surface area contributed by atoms with Crippen LogP contribution in [0.3, 0.4) is 0 Å². The Morgan fingerprint density at radius 1 is 1.19 bits per heavy atom. The third-order valence-corrected chi connectivity index (χ3v) is 5.89. The average Bonchev–Trinajstić information content (AvgIpc) is 3.24. The van der Waals surface area contributed by atoms with Crippen molar-refractivity contribution in [3.8, 4) is 0 Å². The van der Waals surface area contributed by atoms with Crippen LogP contribution in [0.2, 0.25) is 0 Å². The Kier molecular flexibility index (Phi) is 7.86. The van der Waals surface area contributed by atoms with Crippen molar-refractivity contribution < 1.29 is 14.3 Å². The zero-order chi connectivity index (χ0) is 18.9. The van der Waals surface area contributed by atoms with Gasteiger partial charge in [0.05, 0.1) is 19.3 Å². The second-order valence-electron chi connectivity index (χ2n) is 7.04. The maximum absolute atomic E-state index is 12.2. The molecule has 0 saturated carbocycles. The summed E-state index contributed by atoms with van der Waals surface area (Å²) in [6.07, 6.45) is 7.84. The highest BCUT2D eigenvalue weighted by molar-refractivity contribution is 7.07. The minimum atomic E-state index is -0.555. The molecule has 1 aliphatic heterocycles. The molecule has 1 fully saturated rings. The molecule has 148 valence electrons. The fraction of sp³-hybridized carbons (Fsp3) is 0.600. The number of morpholine rings is 1. The summed E-state index contributed by atoms with van der Waals surface area (Å²) in [4.78, 5) is 26.6. The van der Waals surface area contributed by atoms with Crippen LogP contribution in [-0.2, 0) is 14.3 Å². The van der Waals surface area contributed by atoms with Crippen molar-refractivity contribution in [2.75, 3.05) is 39.4 Å². The van der Waals surface area contributed by atoms with E-state index in [1.807, 2.05) is 5.38 Å². The van der Waals surface area contributed by atoms with Gasteiger partial charge in [-0.05, 0) is 54.5 Å². The SMILES string of the molecule is O=C(NCCC1=CCCCC1)C(=O)NC[C@@H](c1ccsc1)N1CCOCC1. The molecule has 0 bridgehead atoms. The fourth-order valence-electron chi connectivity index (χ4n) is 3.63. The molecule has 2 N–H and O–H groups in total. The van der Waals surface area contributed by atoms with Gasteiger partial charge < -0.3 is 15.4 Å². The van der Waals surface area contributed by atoms with Gasteiger partial charge in [0.15, 0.2) is 0 Å². The van der Waals surface area contributed by atoms with E-state index in [2.05, 4.69) is 33.1 Å². The first-order valence-electron chi connectivity index (χ1n) is 9.82. The Morgan fingerprint density at radius 3 is 2.70 bits per heavy atom. The molecule has 2 aliphatic rings. The van der Waals surface area contributed by atoms with Gasteiger partial charge in [0.25, 0.3) is 0 Å². The third kappa shape index (κ3) is 6.16. The molecule has 1 aromatic heterocycles. The van der Waals surface area contributed by atoms with Crippen LogP contribution in [0.5, 0.6) is 0 Å². The molecule has 1 aliphatic carbocycles. The number of amides is 2. The van der Waals surface area contributed by atoms with Gasteiger partial charge in [0, 0.05) is 26.2 Å². The lowest BCUT2D eigenvalue weighted by Crippen LogP contribution is -2.46. The molecule has 0 unspecified atom stereocenters. The lowest BCUT2D eigenvalue weighted by molar-refractivity contribution is -0.139. The predicted octanol–water partition coefficient (Wildman–Crippen LogP) is 2.24. The lowest BCUT2D eigenvalue weighted by Gasteiger charge is -2.34. The molecule has 2 amide bonds. The van der Waals surface area contributed by atoms with Crippen LogP contribution in [0.25, 0.3) is 0 Å². The monoisotopic (exact) mass is 391 g/mol. The highest BCUT2D eigenvalue weighted by Gasteiger charge is 2.24. The minimum Gasteiger partial charge on any atom is -0.379 e. The molecule has 7 heteroatoms. The Morgan fingerprint density at radius 2 is 2.00 bits per heavy atom. The van der Waals surface area contributed by atoms with E-state index in [-0.39, 0.29) is 6.04 Å². The minimum absolute atomic E-state index is 0.0734. The molecule has 1 saturated heterocycles. The lowest BCUT2D eigenvalue weighted by atomic mass is 9.97. The highest BCUT2D eigenvalue weighted by atomic mass is 32.1. The first-order chi connectivity index (χ1) is 13.2. The number of nitrogens with one attached hydrogen (secondary N) is 2. The second-order valence-corrected chi connectivity index (χ2v) is 7.82. The molecule has 3 rings (SSSR count). The summed E-state index contributed by atoms with van der Waals surface area (Å²) in [6, 6.07) is 2.15. The summed E-state index contributed by atoms with van der Waals surface area (Å²) in [5, 5.41) is 9.70. The van der Waals surface area contributed by atoms with Gasteiger partial charge in [-0.25, -0.2) is 0 Å². The van der Waals surface area contributed by atoms with Gasteiger partial charge in [-0.2, -0.15) is 11.3 Å². The van der Waals surface area contributed by atoms with Crippen molar-refractivity contribution in [3.05, 3.63) is 34.0 Å². The number of allylic oxidation sites excluding steroid dienone is 1. The van der Waals surface area contributed by atoms with E-state index in [4.69, 9.17) is 4.74 Å². The summed E-state index contributed by atoms with van der Waals surface area (Å²) < 4.78 is 5.43. The highest BCUT2D eigenvalue weighted by Crippen LogP contribution is 2.23.